The number of aliphatic imine (C=N–C) groups is 2. The molecule has 6 amide bonds. The zero-order valence-electron chi connectivity index (χ0n) is 36.2. The number of carboxylic acid groups (broad SMARTS) is 1. The molecule has 8 atom stereocenters. The van der Waals surface area contributed by atoms with Crippen LogP contribution in [0.4, 0.5) is 0 Å². The summed E-state index contributed by atoms with van der Waals surface area (Å²) in [6.07, 6.45) is 3.50. The van der Waals surface area contributed by atoms with Crippen molar-refractivity contribution in [2.45, 2.75) is 126 Å². The standard InChI is InChI=1S/C37H69N17O9S/c1-20(55)28(40)34(61)54-27(18-64)33(60)51-23(10-6-14-46-36(41)42)29(56)49-22(8-2-4-12-38)31(58)53-26(16-21-17-45-19-48-21)32(59)50-24(11-7-15-47-37(43)44)30(57)52-25(35(62)63)9-3-5-13-39/h17,19-20,22-28,55,64H,2-16,18,38-40H2,1H3,(H,45,48)(H,49,56)(H,50,59)(H,51,60)(H,52,57)(H,53,58)(H,54,61)(H,62,63)(H4,41,42,46)(H4,43,44,47)/t20-,22+,23+,24+,25+,26+,27+,28+/m1/s1. The lowest BCUT2D eigenvalue weighted by Crippen LogP contribution is -2.60. The summed E-state index contributed by atoms with van der Waals surface area (Å²) in [4.78, 5) is 108. The first kappa shape index (κ1) is 56.2. The number of hydrogen-bond acceptors (Lipinski definition) is 15. The van der Waals surface area contributed by atoms with E-state index in [4.69, 9.17) is 40.1 Å². The Bertz CT molecular complexity index is 1680. The van der Waals surface area contributed by atoms with Gasteiger partial charge in [0, 0.05) is 37.2 Å². The quantitative estimate of drug-likeness (QED) is 0.0135. The lowest BCUT2D eigenvalue weighted by atomic mass is 10.0. The topological polar surface area (TPSA) is 468 Å². The van der Waals surface area contributed by atoms with Gasteiger partial charge in [0.05, 0.1) is 12.4 Å². The van der Waals surface area contributed by atoms with Gasteiger partial charge in [-0.3, -0.25) is 38.8 Å². The summed E-state index contributed by atoms with van der Waals surface area (Å²) in [6.45, 7) is 2.03. The third-order valence-electron chi connectivity index (χ3n) is 9.55. The molecule has 0 aliphatic rings. The van der Waals surface area contributed by atoms with Crippen LogP contribution in [0.1, 0.15) is 76.8 Å². The Balaban J connectivity index is 3.50. The molecule has 27 heteroatoms. The van der Waals surface area contributed by atoms with Crippen molar-refractivity contribution < 1.29 is 43.8 Å². The van der Waals surface area contributed by atoms with E-state index in [2.05, 4.69) is 64.5 Å². The lowest BCUT2D eigenvalue weighted by Gasteiger charge is -2.27. The van der Waals surface area contributed by atoms with Gasteiger partial charge in [0.25, 0.3) is 0 Å². The van der Waals surface area contributed by atoms with Gasteiger partial charge >= 0.3 is 5.97 Å². The van der Waals surface area contributed by atoms with Crippen LogP contribution in [0.3, 0.4) is 0 Å². The third-order valence-corrected chi connectivity index (χ3v) is 9.91. The van der Waals surface area contributed by atoms with E-state index in [9.17, 15) is 43.8 Å². The van der Waals surface area contributed by atoms with Crippen LogP contribution in [-0.2, 0) is 40.0 Å². The fraction of sp³-hybridized carbons (Fsp3) is 0.676. The summed E-state index contributed by atoms with van der Waals surface area (Å²) < 4.78 is 0. The average molecular weight is 928 g/mol. The zero-order chi connectivity index (χ0) is 48.2. The number of aliphatic hydroxyl groups excluding tert-OH is 1. The van der Waals surface area contributed by atoms with E-state index in [1.54, 1.807) is 0 Å². The number of unbranched alkanes of at least 4 members (excludes halogenated alkanes) is 2. The molecule has 0 fully saturated rings. The number of guanidine groups is 2. The van der Waals surface area contributed by atoms with Crippen molar-refractivity contribution >= 4 is 66.0 Å². The van der Waals surface area contributed by atoms with Crippen LogP contribution in [0.15, 0.2) is 22.5 Å². The minimum absolute atomic E-state index is 0.0327. The number of thiol groups is 1. The molecule has 0 spiro atoms. The summed E-state index contributed by atoms with van der Waals surface area (Å²) >= 11 is 4.15. The molecule has 0 aliphatic carbocycles. The minimum Gasteiger partial charge on any atom is -0.480 e. The number of hydrogen-bond donors (Lipinski definition) is 17. The highest BCUT2D eigenvalue weighted by atomic mass is 32.1. The SMILES string of the molecule is C[C@@H](O)[C@H](N)C(=O)N[C@@H](CS)C(=O)N[C@@H](CCCN=C(N)N)C(=O)N[C@@H](CCCCN)C(=O)N[C@@H](Cc1cnc[nH]1)C(=O)N[C@@H](CCCN=C(N)N)C(=O)N[C@@H](CCCCN)C(=O)O. The number of aromatic nitrogens is 2. The number of nitrogens with zero attached hydrogens (tertiary/aromatic N) is 3. The van der Waals surface area contributed by atoms with Crippen LogP contribution in [0.2, 0.25) is 0 Å². The Hall–Kier alpha value is -5.77. The zero-order valence-corrected chi connectivity index (χ0v) is 37.1. The molecule has 0 aromatic carbocycles. The van der Waals surface area contributed by atoms with E-state index in [-0.39, 0.29) is 82.3 Å². The monoisotopic (exact) mass is 928 g/mol. The van der Waals surface area contributed by atoms with Crippen LogP contribution >= 0.6 is 12.6 Å². The first-order valence-corrected chi connectivity index (χ1v) is 21.6. The third kappa shape index (κ3) is 22.5. The van der Waals surface area contributed by atoms with Gasteiger partial charge in [-0.1, -0.05) is 0 Å². The molecule has 0 unspecified atom stereocenters. The molecule has 64 heavy (non-hydrogen) atoms. The van der Waals surface area contributed by atoms with Gasteiger partial charge in [0.2, 0.25) is 35.4 Å². The Labute approximate surface area is 377 Å². The number of aliphatic hydroxyl groups is 1. The van der Waals surface area contributed by atoms with E-state index in [0.717, 1.165) is 0 Å². The van der Waals surface area contributed by atoms with Crippen LogP contribution < -0.4 is 72.0 Å². The molecule has 0 saturated heterocycles. The number of imidazole rings is 1. The number of carbonyl (C=O) groups excluding carboxylic acids is 6. The van der Waals surface area contributed by atoms with Crippen molar-refractivity contribution in [3.05, 3.63) is 18.2 Å². The average Bonchev–Trinajstić information content (AvgIpc) is 3.76. The van der Waals surface area contributed by atoms with E-state index >= 15 is 0 Å². The first-order valence-electron chi connectivity index (χ1n) is 20.9. The molecular formula is C37H69N17O9S. The predicted molar refractivity (Wildman–Crippen MR) is 241 cm³/mol. The minimum atomic E-state index is -1.39. The van der Waals surface area contributed by atoms with E-state index < -0.39 is 89.8 Å². The normalized spacial score (nSPS) is 14.7. The van der Waals surface area contributed by atoms with E-state index in [1.807, 2.05) is 0 Å². The number of aliphatic carboxylic acids is 1. The molecule has 1 heterocycles. The largest absolute Gasteiger partial charge is 0.480 e. The Kier molecular flexibility index (Phi) is 27.4. The van der Waals surface area contributed by atoms with Gasteiger partial charge < -0.3 is 87.2 Å². The number of H-pyrrole nitrogens is 1. The number of amides is 6. The lowest BCUT2D eigenvalue weighted by molar-refractivity contribution is -0.142. The highest BCUT2D eigenvalue weighted by Gasteiger charge is 2.34. The second kappa shape index (κ2) is 31.1. The summed E-state index contributed by atoms with van der Waals surface area (Å²) in [6, 6.07) is -9.26. The van der Waals surface area contributed by atoms with Crippen LogP contribution in [0.5, 0.6) is 0 Å². The van der Waals surface area contributed by atoms with Crippen molar-refractivity contribution in [3.8, 4) is 0 Å². The molecule has 1 aromatic rings. The number of carboxylic acids is 1. The van der Waals surface area contributed by atoms with Crippen LogP contribution in [-0.4, -0.2) is 154 Å². The highest BCUT2D eigenvalue weighted by molar-refractivity contribution is 7.80. The van der Waals surface area contributed by atoms with Crippen molar-refractivity contribution in [2.75, 3.05) is 31.9 Å². The molecular weight excluding hydrogens is 859 g/mol. The molecule has 0 bridgehead atoms. The first-order chi connectivity index (χ1) is 30.3. The summed E-state index contributed by atoms with van der Waals surface area (Å²) in [7, 11) is 0. The Morgan fingerprint density at radius 2 is 1.03 bits per heavy atom. The molecule has 0 aliphatic heterocycles. The number of aromatic amines is 1. The fourth-order valence-corrected chi connectivity index (χ4v) is 6.18. The molecule has 0 radical (unpaired) electrons. The maximum absolute atomic E-state index is 14.2. The number of rotatable bonds is 33. The van der Waals surface area contributed by atoms with Crippen LogP contribution in [0.25, 0.3) is 0 Å². The molecule has 362 valence electrons. The molecule has 23 N–H and O–H groups in total. The number of nitrogens with one attached hydrogen (secondary N) is 7. The Morgan fingerprint density at radius 3 is 1.42 bits per heavy atom. The summed E-state index contributed by atoms with van der Waals surface area (Å²) in [5.41, 5.74) is 39.2. The fourth-order valence-electron chi connectivity index (χ4n) is 5.92. The molecule has 1 rings (SSSR count). The number of carbonyl (C=O) groups is 7. The second-order valence-corrected chi connectivity index (χ2v) is 15.3. The Morgan fingerprint density at radius 1 is 0.641 bits per heavy atom. The van der Waals surface area contributed by atoms with Crippen molar-refractivity contribution in [1.82, 2.24) is 41.9 Å². The van der Waals surface area contributed by atoms with Gasteiger partial charge in [-0.25, -0.2) is 9.78 Å². The second-order valence-electron chi connectivity index (χ2n) is 14.9. The van der Waals surface area contributed by atoms with Crippen molar-refractivity contribution in [1.29, 1.82) is 0 Å². The predicted octanol–water partition coefficient (Wildman–Crippen LogP) is -6.05. The summed E-state index contributed by atoms with van der Waals surface area (Å²) in [5, 5.41) is 34.9. The van der Waals surface area contributed by atoms with E-state index in [0.29, 0.717) is 37.9 Å². The van der Waals surface area contributed by atoms with Crippen molar-refractivity contribution in [2.24, 2.45) is 50.1 Å². The molecule has 1 aromatic heterocycles. The van der Waals surface area contributed by atoms with Gasteiger partial charge in [-0.15, -0.1) is 0 Å². The molecule has 26 nitrogen and oxygen atoms in total. The maximum atomic E-state index is 14.2. The maximum Gasteiger partial charge on any atom is 0.326 e. The van der Waals surface area contributed by atoms with Crippen LogP contribution in [0, 0.1) is 0 Å². The van der Waals surface area contributed by atoms with Gasteiger partial charge in [-0.2, -0.15) is 12.6 Å². The van der Waals surface area contributed by atoms with Gasteiger partial charge in [-0.05, 0) is 84.2 Å². The van der Waals surface area contributed by atoms with Gasteiger partial charge in [0.1, 0.15) is 42.3 Å². The molecule has 0 saturated carbocycles. The van der Waals surface area contributed by atoms with Gasteiger partial charge in [0.15, 0.2) is 11.9 Å². The summed E-state index contributed by atoms with van der Waals surface area (Å²) in [5.74, 6) is -6.87. The smallest absolute Gasteiger partial charge is 0.326 e. The number of nitrogens with two attached hydrogens (primary N) is 7. The highest BCUT2D eigenvalue weighted by Crippen LogP contribution is 2.10. The van der Waals surface area contributed by atoms with Crippen molar-refractivity contribution in [3.63, 3.8) is 0 Å². The van der Waals surface area contributed by atoms with E-state index in [1.165, 1.54) is 19.4 Å².